The lowest BCUT2D eigenvalue weighted by Crippen LogP contribution is -2.14. The number of nitrogens with zero attached hydrogens (tertiary/aromatic N) is 2. The zero-order chi connectivity index (χ0) is 15.5. The third-order valence-electron chi connectivity index (χ3n) is 2.98. The molecule has 1 aromatic carbocycles. The third-order valence-corrected chi connectivity index (χ3v) is 2.98. The highest BCUT2D eigenvalue weighted by molar-refractivity contribution is 5.90. The summed E-state index contributed by atoms with van der Waals surface area (Å²) in [5.74, 6) is -0.500. The third kappa shape index (κ3) is 3.53. The molecule has 0 unspecified atom stereocenters. The van der Waals surface area contributed by atoms with Gasteiger partial charge in [-0.05, 0) is 18.6 Å². The first-order chi connectivity index (χ1) is 9.95. The van der Waals surface area contributed by atoms with Crippen LogP contribution in [0.15, 0.2) is 18.2 Å². The molecule has 21 heavy (non-hydrogen) atoms. The van der Waals surface area contributed by atoms with E-state index < -0.39 is 12.0 Å². The number of rotatable bonds is 5. The molecule has 2 aromatic rings. The lowest BCUT2D eigenvalue weighted by molar-refractivity contribution is -0.144. The van der Waals surface area contributed by atoms with E-state index in [0.29, 0.717) is 17.7 Å². The number of hydrogen-bond acceptors (Lipinski definition) is 4. The van der Waals surface area contributed by atoms with Crippen LogP contribution >= 0.6 is 0 Å². The molecule has 0 bridgehead atoms. The van der Waals surface area contributed by atoms with Gasteiger partial charge in [0.05, 0.1) is 12.6 Å². The number of anilines is 1. The van der Waals surface area contributed by atoms with E-state index in [0.717, 1.165) is 12.8 Å². The van der Waals surface area contributed by atoms with Gasteiger partial charge in [0.2, 0.25) is 5.82 Å². The largest absolute Gasteiger partial charge is 0.497 e. The van der Waals surface area contributed by atoms with Crippen molar-refractivity contribution in [2.45, 2.75) is 25.9 Å². The molecule has 0 saturated heterocycles. The molecule has 2 rings (SSSR count). The summed E-state index contributed by atoms with van der Waals surface area (Å²) >= 11 is 0. The van der Waals surface area contributed by atoms with Gasteiger partial charge in [-0.15, -0.1) is 0 Å². The molecule has 0 amide bonds. The molecular formula is C14H16F3N3O. The van der Waals surface area contributed by atoms with Crippen LogP contribution in [0.2, 0.25) is 0 Å². The van der Waals surface area contributed by atoms with Gasteiger partial charge in [-0.1, -0.05) is 13.3 Å². The topological polar surface area (TPSA) is 47.0 Å². The van der Waals surface area contributed by atoms with Crippen LogP contribution in [0.5, 0.6) is 5.75 Å². The highest BCUT2D eigenvalue weighted by Crippen LogP contribution is 2.31. The van der Waals surface area contributed by atoms with Gasteiger partial charge < -0.3 is 10.1 Å². The van der Waals surface area contributed by atoms with Gasteiger partial charge in [-0.2, -0.15) is 13.2 Å². The Kier molecular flexibility index (Phi) is 4.50. The predicted octanol–water partition coefficient (Wildman–Crippen LogP) is 3.87. The van der Waals surface area contributed by atoms with Crippen LogP contribution in [-0.2, 0) is 6.18 Å². The van der Waals surface area contributed by atoms with Crippen LogP contribution in [0.25, 0.3) is 10.9 Å². The molecule has 114 valence electrons. The molecule has 0 aliphatic rings. The zero-order valence-electron chi connectivity index (χ0n) is 11.8. The van der Waals surface area contributed by atoms with Crippen LogP contribution < -0.4 is 10.1 Å². The summed E-state index contributed by atoms with van der Waals surface area (Å²) in [6, 6.07) is 4.80. The molecule has 0 atom stereocenters. The summed E-state index contributed by atoms with van der Waals surface area (Å²) < 4.78 is 43.7. The predicted molar refractivity (Wildman–Crippen MR) is 74.5 cm³/mol. The first-order valence-corrected chi connectivity index (χ1v) is 6.62. The minimum atomic E-state index is -4.58. The second kappa shape index (κ2) is 6.15. The molecule has 0 spiro atoms. The Hall–Kier alpha value is -2.05. The van der Waals surface area contributed by atoms with Crippen molar-refractivity contribution in [3.05, 3.63) is 24.0 Å². The van der Waals surface area contributed by atoms with Crippen molar-refractivity contribution in [2.24, 2.45) is 0 Å². The van der Waals surface area contributed by atoms with Crippen molar-refractivity contribution in [1.82, 2.24) is 9.97 Å². The van der Waals surface area contributed by atoms with Gasteiger partial charge in [0.25, 0.3) is 0 Å². The van der Waals surface area contributed by atoms with Gasteiger partial charge in [0.1, 0.15) is 11.6 Å². The van der Waals surface area contributed by atoms with E-state index in [1.807, 2.05) is 6.92 Å². The molecule has 0 aliphatic carbocycles. The first-order valence-electron chi connectivity index (χ1n) is 6.62. The second-order valence-corrected chi connectivity index (χ2v) is 4.56. The average molecular weight is 299 g/mol. The molecule has 0 aliphatic heterocycles. The fourth-order valence-electron chi connectivity index (χ4n) is 1.88. The number of unbranched alkanes of at least 4 members (excludes halogenated alkanes) is 1. The maximum atomic E-state index is 12.9. The number of alkyl halides is 3. The van der Waals surface area contributed by atoms with Crippen molar-refractivity contribution >= 4 is 16.7 Å². The van der Waals surface area contributed by atoms with Gasteiger partial charge >= 0.3 is 6.18 Å². The standard InChI is InChI=1S/C14H16F3N3O/c1-3-4-7-18-12-10-6-5-9(21-2)8-11(10)19-13(20-12)14(15,16)17/h5-6,8H,3-4,7H2,1-2H3,(H,18,19,20). The van der Waals surface area contributed by atoms with Gasteiger partial charge in [0, 0.05) is 18.0 Å². The number of nitrogens with one attached hydrogen (secondary N) is 1. The maximum absolute atomic E-state index is 12.9. The van der Waals surface area contributed by atoms with Crippen LogP contribution in [0.4, 0.5) is 19.0 Å². The highest BCUT2D eigenvalue weighted by Gasteiger charge is 2.35. The van der Waals surface area contributed by atoms with E-state index in [1.165, 1.54) is 13.2 Å². The van der Waals surface area contributed by atoms with Gasteiger partial charge in [0.15, 0.2) is 0 Å². The summed E-state index contributed by atoms with van der Waals surface area (Å²) in [6.45, 7) is 2.57. The number of halogens is 3. The fourth-order valence-corrected chi connectivity index (χ4v) is 1.88. The Bertz CT molecular complexity index is 629. The Balaban J connectivity index is 2.52. The monoisotopic (exact) mass is 299 g/mol. The number of methoxy groups -OCH3 is 1. The number of fused-ring (bicyclic) bond motifs is 1. The minimum Gasteiger partial charge on any atom is -0.497 e. The van der Waals surface area contributed by atoms with Crippen molar-refractivity contribution in [2.75, 3.05) is 19.0 Å². The lowest BCUT2D eigenvalue weighted by Gasteiger charge is -2.12. The first kappa shape index (κ1) is 15.3. The number of ether oxygens (including phenoxy) is 1. The molecule has 0 fully saturated rings. The molecule has 0 radical (unpaired) electrons. The molecule has 4 nitrogen and oxygen atoms in total. The average Bonchev–Trinajstić information content (AvgIpc) is 2.45. The van der Waals surface area contributed by atoms with E-state index >= 15 is 0 Å². The van der Waals surface area contributed by atoms with Gasteiger partial charge in [-0.3, -0.25) is 0 Å². The Morgan fingerprint density at radius 1 is 1.24 bits per heavy atom. The smallest absolute Gasteiger partial charge is 0.451 e. The minimum absolute atomic E-state index is 0.198. The van der Waals surface area contributed by atoms with E-state index in [-0.39, 0.29) is 11.3 Å². The number of benzene rings is 1. The normalized spacial score (nSPS) is 11.7. The van der Waals surface area contributed by atoms with E-state index in [1.54, 1.807) is 12.1 Å². The molecule has 7 heteroatoms. The molecule has 1 heterocycles. The molecule has 1 N–H and O–H groups in total. The molecule has 0 saturated carbocycles. The van der Waals surface area contributed by atoms with E-state index in [4.69, 9.17) is 4.74 Å². The van der Waals surface area contributed by atoms with Gasteiger partial charge in [-0.25, -0.2) is 9.97 Å². The molecule has 1 aromatic heterocycles. The second-order valence-electron chi connectivity index (χ2n) is 4.56. The van der Waals surface area contributed by atoms with E-state index in [2.05, 4.69) is 15.3 Å². The van der Waals surface area contributed by atoms with Crippen molar-refractivity contribution in [1.29, 1.82) is 0 Å². The quantitative estimate of drug-likeness (QED) is 0.851. The summed E-state index contributed by atoms with van der Waals surface area (Å²) in [5.41, 5.74) is 0.204. The Morgan fingerprint density at radius 2 is 2.00 bits per heavy atom. The SMILES string of the molecule is CCCCNc1nc(C(F)(F)F)nc2cc(OC)ccc12. The van der Waals surface area contributed by atoms with Crippen molar-refractivity contribution < 1.29 is 17.9 Å². The maximum Gasteiger partial charge on any atom is 0.451 e. The zero-order valence-corrected chi connectivity index (χ0v) is 11.8. The Labute approximate surface area is 120 Å². The summed E-state index contributed by atoms with van der Waals surface area (Å²) in [4.78, 5) is 7.20. The molecular weight excluding hydrogens is 283 g/mol. The van der Waals surface area contributed by atoms with Crippen LogP contribution in [-0.4, -0.2) is 23.6 Å². The van der Waals surface area contributed by atoms with Crippen molar-refractivity contribution in [3.8, 4) is 5.75 Å². The van der Waals surface area contributed by atoms with Crippen LogP contribution in [0.3, 0.4) is 0 Å². The number of hydrogen-bond donors (Lipinski definition) is 1. The summed E-state index contributed by atoms with van der Waals surface area (Å²) in [5, 5.41) is 3.49. The van der Waals surface area contributed by atoms with Crippen LogP contribution in [0, 0.1) is 0 Å². The van der Waals surface area contributed by atoms with Crippen molar-refractivity contribution in [3.63, 3.8) is 0 Å². The lowest BCUT2D eigenvalue weighted by atomic mass is 10.2. The summed E-state index contributed by atoms with van der Waals surface area (Å²) in [6.07, 6.45) is -2.79. The van der Waals surface area contributed by atoms with Crippen LogP contribution in [0.1, 0.15) is 25.6 Å². The summed E-state index contributed by atoms with van der Waals surface area (Å²) in [7, 11) is 1.45. The van der Waals surface area contributed by atoms with E-state index in [9.17, 15) is 13.2 Å². The highest BCUT2D eigenvalue weighted by atomic mass is 19.4. The Morgan fingerprint density at radius 3 is 2.62 bits per heavy atom. The fraction of sp³-hybridized carbons (Fsp3) is 0.429. The number of aromatic nitrogens is 2.